The number of carboxylic acid groups (broad SMARTS) is 1. The highest BCUT2D eigenvalue weighted by molar-refractivity contribution is 6.46. The third kappa shape index (κ3) is 2.61. The molecule has 19 heavy (non-hydrogen) atoms. The summed E-state index contributed by atoms with van der Waals surface area (Å²) < 4.78 is 0. The van der Waals surface area contributed by atoms with Crippen molar-refractivity contribution in [1.82, 2.24) is 4.98 Å². The molecule has 0 fully saturated rings. The zero-order valence-electron chi connectivity index (χ0n) is 9.21. The Bertz CT molecular complexity index is 725. The smallest absolute Gasteiger partial charge is 0.341 e. The van der Waals surface area contributed by atoms with E-state index in [-0.39, 0.29) is 10.0 Å². The first-order valence-electron chi connectivity index (χ1n) is 5.01. The Kier molecular flexibility index (Phi) is 3.85. The lowest BCUT2D eigenvalue weighted by atomic mass is 10.1. The highest BCUT2D eigenvalue weighted by atomic mass is 35.5. The maximum atomic E-state index is 11.4. The number of carbonyl (C=O) groups is 1. The Labute approximate surface area is 122 Å². The summed E-state index contributed by atoms with van der Waals surface area (Å²) in [6.07, 6.45) is 1.33. The molecular formula is C12H6Cl3NO3. The summed E-state index contributed by atoms with van der Waals surface area (Å²) >= 11 is 18.0. The molecule has 0 radical (unpaired) electrons. The molecule has 0 unspecified atom stereocenters. The van der Waals surface area contributed by atoms with Gasteiger partial charge < -0.3 is 10.1 Å². The molecule has 0 aliphatic rings. The number of aromatic carboxylic acids is 1. The number of hydrogen-bond donors (Lipinski definition) is 2. The number of aromatic nitrogens is 1. The Morgan fingerprint density at radius 2 is 1.79 bits per heavy atom. The van der Waals surface area contributed by atoms with E-state index in [1.165, 1.54) is 24.4 Å². The van der Waals surface area contributed by atoms with E-state index in [1.54, 1.807) is 0 Å². The van der Waals surface area contributed by atoms with Gasteiger partial charge in [-0.15, -0.1) is 0 Å². The molecule has 7 heteroatoms. The molecule has 2 aromatic rings. The zero-order valence-corrected chi connectivity index (χ0v) is 11.5. The minimum atomic E-state index is -1.34. The molecule has 0 saturated heterocycles. The number of hydrogen-bond acceptors (Lipinski definition) is 2. The number of halogens is 3. The van der Waals surface area contributed by atoms with Gasteiger partial charge in [0.2, 0.25) is 0 Å². The van der Waals surface area contributed by atoms with Crippen molar-refractivity contribution in [3.63, 3.8) is 0 Å². The van der Waals surface area contributed by atoms with Crippen LogP contribution in [0, 0.1) is 0 Å². The number of rotatable bonds is 2. The van der Waals surface area contributed by atoms with Crippen molar-refractivity contribution in [3.8, 4) is 11.1 Å². The molecule has 0 saturated carbocycles. The van der Waals surface area contributed by atoms with Crippen molar-refractivity contribution in [1.29, 1.82) is 0 Å². The van der Waals surface area contributed by atoms with Crippen molar-refractivity contribution in [2.75, 3.05) is 0 Å². The van der Waals surface area contributed by atoms with E-state index in [9.17, 15) is 9.59 Å². The molecule has 1 aromatic carbocycles. The summed E-state index contributed by atoms with van der Waals surface area (Å²) in [7, 11) is 0. The summed E-state index contributed by atoms with van der Waals surface area (Å²) in [5, 5.41) is 9.70. The van der Waals surface area contributed by atoms with E-state index in [4.69, 9.17) is 39.9 Å². The van der Waals surface area contributed by atoms with Crippen LogP contribution < -0.4 is 5.56 Å². The zero-order chi connectivity index (χ0) is 14.2. The van der Waals surface area contributed by atoms with Crippen LogP contribution in [0.2, 0.25) is 15.1 Å². The first-order valence-corrected chi connectivity index (χ1v) is 6.15. The van der Waals surface area contributed by atoms with Crippen molar-refractivity contribution >= 4 is 40.8 Å². The van der Waals surface area contributed by atoms with E-state index in [0.717, 1.165) is 0 Å². The Morgan fingerprint density at radius 1 is 1.16 bits per heavy atom. The molecule has 4 nitrogen and oxygen atoms in total. The fourth-order valence-electron chi connectivity index (χ4n) is 1.58. The van der Waals surface area contributed by atoms with Crippen LogP contribution in [0.4, 0.5) is 0 Å². The molecule has 0 bridgehead atoms. The Balaban J connectivity index is 2.73. The predicted octanol–water partition coefficient (Wildman–Crippen LogP) is 3.70. The average Bonchev–Trinajstić information content (AvgIpc) is 2.36. The third-order valence-corrected chi connectivity index (χ3v) is 3.59. The number of pyridine rings is 1. The highest BCUT2D eigenvalue weighted by Gasteiger charge is 2.15. The fraction of sp³-hybridized carbons (Fsp3) is 0. The normalized spacial score (nSPS) is 10.5. The van der Waals surface area contributed by atoms with Crippen molar-refractivity contribution in [2.24, 2.45) is 0 Å². The Morgan fingerprint density at radius 3 is 2.42 bits per heavy atom. The first-order chi connectivity index (χ1) is 8.91. The lowest BCUT2D eigenvalue weighted by Crippen LogP contribution is -2.16. The van der Waals surface area contributed by atoms with Crippen molar-refractivity contribution < 1.29 is 9.90 Å². The van der Waals surface area contributed by atoms with Gasteiger partial charge in [0, 0.05) is 17.3 Å². The van der Waals surface area contributed by atoms with Gasteiger partial charge in [0.15, 0.2) is 0 Å². The van der Waals surface area contributed by atoms with Gasteiger partial charge in [-0.3, -0.25) is 4.79 Å². The molecule has 98 valence electrons. The molecular weight excluding hydrogens is 312 g/mol. The predicted molar refractivity (Wildman–Crippen MR) is 74.5 cm³/mol. The number of nitrogens with one attached hydrogen (secondary N) is 1. The number of carboxylic acids is 1. The minimum Gasteiger partial charge on any atom is -0.477 e. The van der Waals surface area contributed by atoms with E-state index < -0.39 is 17.1 Å². The molecule has 1 aromatic heterocycles. The van der Waals surface area contributed by atoms with Crippen LogP contribution in [0.25, 0.3) is 11.1 Å². The summed E-state index contributed by atoms with van der Waals surface area (Å²) in [5.41, 5.74) is -0.362. The maximum Gasteiger partial charge on any atom is 0.341 e. The molecule has 2 rings (SSSR count). The highest BCUT2D eigenvalue weighted by Crippen LogP contribution is 2.38. The second-order valence-corrected chi connectivity index (χ2v) is 4.85. The molecule has 0 amide bonds. The van der Waals surface area contributed by atoms with Gasteiger partial charge >= 0.3 is 5.97 Å². The van der Waals surface area contributed by atoms with Crippen LogP contribution in [0.15, 0.2) is 29.2 Å². The fourth-order valence-corrected chi connectivity index (χ4v) is 2.33. The molecule has 2 N–H and O–H groups in total. The average molecular weight is 319 g/mol. The molecule has 0 aliphatic heterocycles. The minimum absolute atomic E-state index is 0.192. The van der Waals surface area contributed by atoms with Crippen LogP contribution in [-0.4, -0.2) is 16.1 Å². The van der Waals surface area contributed by atoms with Gasteiger partial charge in [-0.1, -0.05) is 34.8 Å². The maximum absolute atomic E-state index is 11.4. The lowest BCUT2D eigenvalue weighted by Gasteiger charge is -2.09. The van der Waals surface area contributed by atoms with E-state index in [2.05, 4.69) is 4.98 Å². The first kappa shape index (κ1) is 13.9. The SMILES string of the molecule is O=C(O)c1cc(-c2c(Cl)ccc(Cl)c2Cl)c[nH]c1=O. The number of H-pyrrole nitrogens is 1. The number of benzene rings is 1. The van der Waals surface area contributed by atoms with Gasteiger partial charge in [-0.05, 0) is 18.2 Å². The monoisotopic (exact) mass is 317 g/mol. The van der Waals surface area contributed by atoms with Crippen LogP contribution in [-0.2, 0) is 0 Å². The largest absolute Gasteiger partial charge is 0.477 e. The standard InChI is InChI=1S/C12H6Cl3NO3/c13-7-1-2-8(14)10(15)9(7)5-3-6(12(18)19)11(17)16-4-5/h1-4H,(H,16,17)(H,18,19). The van der Waals surface area contributed by atoms with Crippen molar-refractivity contribution in [2.45, 2.75) is 0 Å². The molecule has 0 atom stereocenters. The molecule has 1 heterocycles. The molecule has 0 aliphatic carbocycles. The van der Waals surface area contributed by atoms with E-state index in [0.29, 0.717) is 16.1 Å². The second-order valence-electron chi connectivity index (χ2n) is 3.65. The lowest BCUT2D eigenvalue weighted by molar-refractivity contribution is 0.0695. The summed E-state index contributed by atoms with van der Waals surface area (Å²) in [5.74, 6) is -1.34. The van der Waals surface area contributed by atoms with Gasteiger partial charge in [-0.2, -0.15) is 0 Å². The van der Waals surface area contributed by atoms with Gasteiger partial charge in [0.25, 0.3) is 5.56 Å². The van der Waals surface area contributed by atoms with Crippen LogP contribution in [0.1, 0.15) is 10.4 Å². The molecule has 0 spiro atoms. The second kappa shape index (κ2) is 5.25. The topological polar surface area (TPSA) is 70.2 Å². The summed E-state index contributed by atoms with van der Waals surface area (Å²) in [6, 6.07) is 4.26. The van der Waals surface area contributed by atoms with E-state index in [1.807, 2.05) is 0 Å². The van der Waals surface area contributed by atoms with Crippen molar-refractivity contribution in [3.05, 3.63) is 55.4 Å². The van der Waals surface area contributed by atoms with Gasteiger partial charge in [0.05, 0.1) is 15.1 Å². The van der Waals surface area contributed by atoms with Gasteiger partial charge in [-0.25, -0.2) is 4.79 Å². The third-order valence-electron chi connectivity index (χ3n) is 2.47. The Hall–Kier alpha value is -1.49. The van der Waals surface area contributed by atoms with Crippen LogP contribution in [0.5, 0.6) is 0 Å². The summed E-state index contributed by atoms with van der Waals surface area (Å²) in [6.45, 7) is 0. The van der Waals surface area contributed by atoms with Crippen LogP contribution in [0.3, 0.4) is 0 Å². The van der Waals surface area contributed by atoms with Crippen LogP contribution >= 0.6 is 34.8 Å². The quantitative estimate of drug-likeness (QED) is 0.829. The van der Waals surface area contributed by atoms with Gasteiger partial charge in [0.1, 0.15) is 5.56 Å². The number of aromatic amines is 1. The summed E-state index contributed by atoms with van der Waals surface area (Å²) in [4.78, 5) is 24.6. The van der Waals surface area contributed by atoms with E-state index >= 15 is 0 Å².